The molecule has 0 saturated heterocycles. The van der Waals surface area contributed by atoms with Crippen molar-refractivity contribution in [3.05, 3.63) is 39.4 Å². The van der Waals surface area contributed by atoms with Crippen molar-refractivity contribution in [2.45, 2.75) is 34.1 Å². The Morgan fingerprint density at radius 1 is 1.16 bits per heavy atom. The minimum absolute atomic E-state index is 0.672. The van der Waals surface area contributed by atoms with Crippen molar-refractivity contribution in [1.82, 2.24) is 4.98 Å². The summed E-state index contributed by atoms with van der Waals surface area (Å²) in [4.78, 5) is 5.85. The second kappa shape index (κ2) is 5.72. The zero-order chi connectivity index (χ0) is 14.0. The van der Waals surface area contributed by atoms with Crippen LogP contribution in [0.25, 0.3) is 0 Å². The van der Waals surface area contributed by atoms with Gasteiger partial charge in [0.1, 0.15) is 0 Å². The summed E-state index contributed by atoms with van der Waals surface area (Å²) in [5.74, 6) is 0. The first-order valence-electron chi connectivity index (χ1n) is 6.52. The number of aromatic nitrogens is 1. The fourth-order valence-corrected chi connectivity index (χ4v) is 3.31. The number of anilines is 2. The van der Waals surface area contributed by atoms with Crippen molar-refractivity contribution in [2.24, 2.45) is 5.73 Å². The third-order valence-electron chi connectivity index (χ3n) is 3.17. The van der Waals surface area contributed by atoms with Crippen LogP contribution in [0, 0.1) is 27.7 Å². The zero-order valence-corrected chi connectivity index (χ0v) is 12.8. The number of nitrogens with one attached hydrogen (secondary N) is 1. The number of hydrogen-bond acceptors (Lipinski definition) is 4. The van der Waals surface area contributed by atoms with Crippen molar-refractivity contribution < 1.29 is 0 Å². The van der Waals surface area contributed by atoms with Crippen LogP contribution in [-0.4, -0.2) is 11.5 Å². The Labute approximate surface area is 118 Å². The van der Waals surface area contributed by atoms with E-state index < -0.39 is 0 Å². The number of rotatable bonds is 4. The van der Waals surface area contributed by atoms with Gasteiger partial charge in [-0.2, -0.15) is 0 Å². The molecule has 0 aliphatic rings. The number of nitrogens with two attached hydrogens (primary N) is 1. The maximum absolute atomic E-state index is 5.61. The van der Waals surface area contributed by atoms with E-state index in [0.29, 0.717) is 6.54 Å². The number of aryl methyl sites for hydroxylation is 4. The molecule has 1 aromatic heterocycles. The van der Waals surface area contributed by atoms with Crippen LogP contribution in [0.2, 0.25) is 0 Å². The molecule has 0 aliphatic heterocycles. The average molecular weight is 275 g/mol. The minimum atomic E-state index is 0.672. The third-order valence-corrected chi connectivity index (χ3v) is 4.31. The second-order valence-electron chi connectivity index (χ2n) is 4.96. The number of hydrogen-bond donors (Lipinski definition) is 2. The van der Waals surface area contributed by atoms with Gasteiger partial charge in [-0.1, -0.05) is 17.7 Å². The average Bonchev–Trinajstić information content (AvgIpc) is 2.65. The molecule has 0 aliphatic carbocycles. The maximum Gasteiger partial charge on any atom is 0.187 e. The van der Waals surface area contributed by atoms with Gasteiger partial charge < -0.3 is 11.1 Å². The van der Waals surface area contributed by atoms with Crippen LogP contribution < -0.4 is 11.1 Å². The van der Waals surface area contributed by atoms with Crippen LogP contribution in [0.5, 0.6) is 0 Å². The largest absolute Gasteiger partial charge is 0.331 e. The highest BCUT2D eigenvalue weighted by atomic mass is 32.1. The molecule has 4 heteroatoms. The fourth-order valence-electron chi connectivity index (χ4n) is 2.33. The Morgan fingerprint density at radius 2 is 1.79 bits per heavy atom. The summed E-state index contributed by atoms with van der Waals surface area (Å²) in [5, 5.41) is 4.41. The number of nitrogens with zero attached hydrogens (tertiary/aromatic N) is 1. The Morgan fingerprint density at radius 3 is 2.37 bits per heavy atom. The van der Waals surface area contributed by atoms with E-state index in [1.165, 1.54) is 27.3 Å². The lowest BCUT2D eigenvalue weighted by Crippen LogP contribution is -2.01. The van der Waals surface area contributed by atoms with Crippen LogP contribution in [0.3, 0.4) is 0 Å². The molecule has 0 atom stereocenters. The van der Waals surface area contributed by atoms with Crippen molar-refractivity contribution in [3.63, 3.8) is 0 Å². The van der Waals surface area contributed by atoms with E-state index in [9.17, 15) is 0 Å². The smallest absolute Gasteiger partial charge is 0.187 e. The van der Waals surface area contributed by atoms with E-state index in [4.69, 9.17) is 5.73 Å². The predicted octanol–water partition coefficient (Wildman–Crippen LogP) is 3.62. The van der Waals surface area contributed by atoms with E-state index in [2.05, 4.69) is 43.2 Å². The first-order chi connectivity index (χ1) is 9.01. The molecule has 19 heavy (non-hydrogen) atoms. The Hall–Kier alpha value is -1.39. The molecule has 0 amide bonds. The monoisotopic (exact) mass is 275 g/mol. The Bertz CT molecular complexity index is 564. The van der Waals surface area contributed by atoms with Gasteiger partial charge in [-0.3, -0.25) is 0 Å². The van der Waals surface area contributed by atoms with Gasteiger partial charge in [0.25, 0.3) is 0 Å². The van der Waals surface area contributed by atoms with Gasteiger partial charge in [0.15, 0.2) is 5.13 Å². The fraction of sp³-hybridized carbons (Fsp3) is 0.400. The first kappa shape index (κ1) is 14.0. The van der Waals surface area contributed by atoms with Crippen LogP contribution >= 0.6 is 11.3 Å². The molecule has 2 aromatic rings. The van der Waals surface area contributed by atoms with E-state index in [1.807, 2.05) is 6.92 Å². The summed E-state index contributed by atoms with van der Waals surface area (Å²) < 4.78 is 0. The Kier molecular flexibility index (Phi) is 4.22. The van der Waals surface area contributed by atoms with Gasteiger partial charge in [-0.25, -0.2) is 4.98 Å². The highest BCUT2D eigenvalue weighted by molar-refractivity contribution is 7.15. The molecule has 1 aromatic carbocycles. The normalized spacial score (nSPS) is 10.8. The van der Waals surface area contributed by atoms with E-state index in [0.717, 1.165) is 17.2 Å². The standard InChI is InChI=1S/C15H21N3S/c1-9-7-10(2)14(11(3)8-9)18-15-17-12(4)13(19-15)5-6-16/h7-8H,5-6,16H2,1-4H3,(H,17,18). The summed E-state index contributed by atoms with van der Waals surface area (Å²) in [7, 11) is 0. The van der Waals surface area contributed by atoms with Crippen LogP contribution in [-0.2, 0) is 6.42 Å². The lowest BCUT2D eigenvalue weighted by Gasteiger charge is -2.11. The molecule has 2 rings (SSSR count). The molecular formula is C15H21N3S. The van der Waals surface area contributed by atoms with Gasteiger partial charge in [0.2, 0.25) is 0 Å². The topological polar surface area (TPSA) is 50.9 Å². The molecule has 0 unspecified atom stereocenters. The highest BCUT2D eigenvalue weighted by Crippen LogP contribution is 2.30. The molecule has 0 saturated carbocycles. The quantitative estimate of drug-likeness (QED) is 0.896. The molecule has 0 bridgehead atoms. The lowest BCUT2D eigenvalue weighted by atomic mass is 10.1. The van der Waals surface area contributed by atoms with Crippen molar-refractivity contribution in [1.29, 1.82) is 0 Å². The Balaban J connectivity index is 2.29. The molecule has 3 nitrogen and oxygen atoms in total. The summed E-state index contributed by atoms with van der Waals surface area (Å²) in [6.07, 6.45) is 0.900. The van der Waals surface area contributed by atoms with Crippen LogP contribution in [0.4, 0.5) is 10.8 Å². The van der Waals surface area contributed by atoms with E-state index in [1.54, 1.807) is 11.3 Å². The van der Waals surface area contributed by atoms with Crippen molar-refractivity contribution in [2.75, 3.05) is 11.9 Å². The van der Waals surface area contributed by atoms with E-state index in [-0.39, 0.29) is 0 Å². The molecule has 0 spiro atoms. The summed E-state index contributed by atoms with van der Waals surface area (Å²) in [6.45, 7) is 9.09. The molecule has 102 valence electrons. The highest BCUT2D eigenvalue weighted by Gasteiger charge is 2.10. The van der Waals surface area contributed by atoms with Crippen molar-refractivity contribution in [3.8, 4) is 0 Å². The summed E-state index contributed by atoms with van der Waals surface area (Å²) >= 11 is 1.70. The van der Waals surface area contributed by atoms with Crippen molar-refractivity contribution >= 4 is 22.2 Å². The van der Waals surface area contributed by atoms with Crippen LogP contribution in [0.1, 0.15) is 27.3 Å². The molecule has 0 fully saturated rings. The minimum Gasteiger partial charge on any atom is -0.331 e. The second-order valence-corrected chi connectivity index (χ2v) is 6.05. The van der Waals surface area contributed by atoms with E-state index >= 15 is 0 Å². The third kappa shape index (κ3) is 3.14. The van der Waals surface area contributed by atoms with Gasteiger partial charge in [-0.15, -0.1) is 11.3 Å². The van der Waals surface area contributed by atoms with Crippen LogP contribution in [0.15, 0.2) is 12.1 Å². The summed E-state index contributed by atoms with van der Waals surface area (Å²) in [6, 6.07) is 4.38. The SMILES string of the molecule is Cc1cc(C)c(Nc2nc(C)c(CCN)s2)c(C)c1. The number of thiazole rings is 1. The predicted molar refractivity (Wildman–Crippen MR) is 83.5 cm³/mol. The summed E-state index contributed by atoms with van der Waals surface area (Å²) in [5.41, 5.74) is 11.7. The lowest BCUT2D eigenvalue weighted by molar-refractivity contribution is 0.970. The molecule has 3 N–H and O–H groups in total. The maximum atomic E-state index is 5.61. The van der Waals surface area contributed by atoms with Gasteiger partial charge >= 0.3 is 0 Å². The molecule has 1 heterocycles. The van der Waals surface area contributed by atoms with Gasteiger partial charge in [0, 0.05) is 10.6 Å². The first-order valence-corrected chi connectivity index (χ1v) is 7.34. The molecule has 0 radical (unpaired) electrons. The van der Waals surface area contributed by atoms with Gasteiger partial charge in [0.05, 0.1) is 5.69 Å². The van der Waals surface area contributed by atoms with Gasteiger partial charge in [-0.05, 0) is 51.8 Å². The zero-order valence-electron chi connectivity index (χ0n) is 12.0. The molecular weight excluding hydrogens is 254 g/mol. The number of benzene rings is 1.